The van der Waals surface area contributed by atoms with Crippen LogP contribution in [0.1, 0.15) is 18.9 Å². The van der Waals surface area contributed by atoms with Gasteiger partial charge in [0.1, 0.15) is 5.82 Å². The van der Waals surface area contributed by atoms with E-state index >= 15 is 0 Å². The van der Waals surface area contributed by atoms with Crippen molar-refractivity contribution in [3.63, 3.8) is 0 Å². The Morgan fingerprint density at radius 3 is 2.78 bits per heavy atom. The number of aromatic nitrogens is 2. The average Bonchev–Trinajstić information content (AvgIpc) is 2.98. The number of carbonyl (C=O) groups is 1. The van der Waals surface area contributed by atoms with E-state index in [1.165, 1.54) is 47.0 Å². The summed E-state index contributed by atoms with van der Waals surface area (Å²) in [4.78, 5) is 11.5. The molecule has 0 radical (unpaired) electrons. The summed E-state index contributed by atoms with van der Waals surface area (Å²) in [6.07, 6.45) is 0.919. The summed E-state index contributed by atoms with van der Waals surface area (Å²) in [5, 5.41) is 11.4. The van der Waals surface area contributed by atoms with Crippen LogP contribution in [0.3, 0.4) is 0 Å². The van der Waals surface area contributed by atoms with Gasteiger partial charge in [0.05, 0.1) is 5.75 Å². The van der Waals surface area contributed by atoms with Crippen molar-refractivity contribution in [1.29, 1.82) is 0 Å². The Hall–Kier alpha value is -0.830. The minimum Gasteiger partial charge on any atom is -0.355 e. The molecule has 0 saturated heterocycles. The van der Waals surface area contributed by atoms with Crippen LogP contribution in [0.5, 0.6) is 0 Å². The van der Waals surface area contributed by atoms with E-state index in [2.05, 4.69) is 15.5 Å². The van der Waals surface area contributed by atoms with Gasteiger partial charge in [-0.15, -0.1) is 10.2 Å². The van der Waals surface area contributed by atoms with Crippen molar-refractivity contribution in [3.8, 4) is 0 Å². The van der Waals surface area contributed by atoms with Crippen LogP contribution in [0.25, 0.3) is 0 Å². The number of hydrogen-bond donors (Lipinski definition) is 1. The second kappa shape index (κ2) is 9.46. The van der Waals surface area contributed by atoms with E-state index in [0.29, 0.717) is 23.1 Å². The first-order valence-corrected chi connectivity index (χ1v) is 10.0. The molecule has 0 bridgehead atoms. The van der Waals surface area contributed by atoms with Gasteiger partial charge in [-0.2, -0.15) is 0 Å². The molecule has 9 heteroatoms. The highest BCUT2D eigenvalue weighted by Crippen LogP contribution is 2.32. The minimum atomic E-state index is -0.347. The van der Waals surface area contributed by atoms with Crippen LogP contribution >= 0.6 is 46.5 Å². The van der Waals surface area contributed by atoms with Gasteiger partial charge < -0.3 is 5.32 Å². The van der Waals surface area contributed by atoms with E-state index < -0.39 is 0 Å². The highest BCUT2D eigenvalue weighted by atomic mass is 35.5. The van der Waals surface area contributed by atoms with Gasteiger partial charge in [-0.1, -0.05) is 59.5 Å². The molecule has 1 aromatic heterocycles. The normalized spacial score (nSPS) is 10.7. The van der Waals surface area contributed by atoms with Gasteiger partial charge in [0.2, 0.25) is 5.91 Å². The SMILES string of the molecule is CCCNC(=O)CSc1nnc(SCc2ccc(F)cc2Cl)s1. The summed E-state index contributed by atoms with van der Waals surface area (Å²) in [5.74, 6) is 0.581. The van der Waals surface area contributed by atoms with E-state index in [9.17, 15) is 9.18 Å². The topological polar surface area (TPSA) is 54.9 Å². The van der Waals surface area contributed by atoms with Crippen molar-refractivity contribution in [2.24, 2.45) is 0 Å². The number of benzene rings is 1. The molecule has 0 aliphatic heterocycles. The molecule has 23 heavy (non-hydrogen) atoms. The molecule has 1 amide bonds. The Morgan fingerprint density at radius 2 is 2.09 bits per heavy atom. The number of hydrogen-bond acceptors (Lipinski definition) is 6. The van der Waals surface area contributed by atoms with E-state index in [1.807, 2.05) is 6.92 Å². The van der Waals surface area contributed by atoms with Gasteiger partial charge in [0, 0.05) is 17.3 Å². The zero-order valence-electron chi connectivity index (χ0n) is 12.3. The fourth-order valence-electron chi connectivity index (χ4n) is 1.53. The van der Waals surface area contributed by atoms with E-state index in [0.717, 1.165) is 20.7 Å². The summed E-state index contributed by atoms with van der Waals surface area (Å²) < 4.78 is 14.5. The number of nitrogens with one attached hydrogen (secondary N) is 1. The summed E-state index contributed by atoms with van der Waals surface area (Å²) >= 11 is 10.3. The molecule has 1 N–H and O–H groups in total. The van der Waals surface area contributed by atoms with Crippen molar-refractivity contribution < 1.29 is 9.18 Å². The van der Waals surface area contributed by atoms with Crippen LogP contribution in [0, 0.1) is 5.82 Å². The fraction of sp³-hybridized carbons (Fsp3) is 0.357. The molecule has 0 aliphatic carbocycles. The van der Waals surface area contributed by atoms with Crippen LogP contribution in [-0.2, 0) is 10.5 Å². The molecule has 0 spiro atoms. The number of carbonyl (C=O) groups excluding carboxylic acids is 1. The van der Waals surface area contributed by atoms with Gasteiger partial charge in [-0.05, 0) is 24.1 Å². The van der Waals surface area contributed by atoms with Crippen LogP contribution in [-0.4, -0.2) is 28.4 Å². The Labute approximate surface area is 151 Å². The highest BCUT2D eigenvalue weighted by Gasteiger charge is 2.10. The third-order valence-electron chi connectivity index (χ3n) is 2.65. The van der Waals surface area contributed by atoms with Crippen molar-refractivity contribution >= 4 is 52.4 Å². The van der Waals surface area contributed by atoms with Crippen molar-refractivity contribution in [3.05, 3.63) is 34.6 Å². The molecule has 0 atom stereocenters. The Bertz CT molecular complexity index is 668. The first-order valence-electron chi connectivity index (χ1n) is 6.88. The van der Waals surface area contributed by atoms with Crippen LogP contribution in [0.15, 0.2) is 26.9 Å². The second-order valence-electron chi connectivity index (χ2n) is 4.50. The summed E-state index contributed by atoms with van der Waals surface area (Å²) in [6.45, 7) is 2.70. The van der Waals surface area contributed by atoms with Gasteiger partial charge in [0.15, 0.2) is 8.68 Å². The lowest BCUT2D eigenvalue weighted by Crippen LogP contribution is -2.25. The second-order valence-corrected chi connectivity index (χ2v) is 8.33. The predicted octanol–water partition coefficient (Wildman–Crippen LogP) is 4.24. The smallest absolute Gasteiger partial charge is 0.230 e. The molecular weight excluding hydrogens is 377 g/mol. The standard InChI is InChI=1S/C14H15ClFN3OS3/c1-2-5-17-12(20)8-22-14-19-18-13(23-14)21-7-9-3-4-10(16)6-11(9)15/h3-4,6H,2,5,7-8H2,1H3,(H,17,20). The van der Waals surface area contributed by atoms with Crippen LogP contribution in [0.2, 0.25) is 5.02 Å². The van der Waals surface area contributed by atoms with Crippen molar-refractivity contribution in [1.82, 2.24) is 15.5 Å². The molecule has 2 rings (SSSR count). The molecule has 1 aromatic carbocycles. The van der Waals surface area contributed by atoms with Gasteiger partial charge >= 0.3 is 0 Å². The summed E-state index contributed by atoms with van der Waals surface area (Å²) in [5.41, 5.74) is 0.849. The van der Waals surface area contributed by atoms with E-state index in [1.54, 1.807) is 6.07 Å². The zero-order chi connectivity index (χ0) is 16.7. The molecule has 124 valence electrons. The van der Waals surface area contributed by atoms with Crippen molar-refractivity contribution in [2.45, 2.75) is 27.8 Å². The highest BCUT2D eigenvalue weighted by molar-refractivity contribution is 8.03. The first-order chi connectivity index (χ1) is 11.1. The largest absolute Gasteiger partial charge is 0.355 e. The molecule has 0 unspecified atom stereocenters. The van der Waals surface area contributed by atoms with Gasteiger partial charge in [-0.25, -0.2) is 4.39 Å². The van der Waals surface area contributed by atoms with Gasteiger partial charge in [-0.3, -0.25) is 4.79 Å². The Balaban J connectivity index is 1.81. The average molecular weight is 392 g/mol. The lowest BCUT2D eigenvalue weighted by Gasteiger charge is -2.02. The molecule has 0 aliphatic rings. The number of rotatable bonds is 8. The maximum Gasteiger partial charge on any atom is 0.230 e. The molecule has 0 fully saturated rings. The molecule has 2 aromatic rings. The quantitative estimate of drug-likeness (QED) is 0.682. The minimum absolute atomic E-state index is 0.000605. The number of halogens is 2. The maximum atomic E-state index is 13.0. The lowest BCUT2D eigenvalue weighted by atomic mass is 10.2. The molecule has 4 nitrogen and oxygen atoms in total. The van der Waals surface area contributed by atoms with Crippen LogP contribution in [0.4, 0.5) is 4.39 Å². The maximum absolute atomic E-state index is 13.0. The molecule has 1 heterocycles. The van der Waals surface area contributed by atoms with Crippen molar-refractivity contribution in [2.75, 3.05) is 12.3 Å². The van der Waals surface area contributed by atoms with Crippen LogP contribution < -0.4 is 5.32 Å². The summed E-state index contributed by atoms with van der Waals surface area (Å²) in [7, 11) is 0. The summed E-state index contributed by atoms with van der Waals surface area (Å²) in [6, 6.07) is 4.35. The first kappa shape index (κ1) is 18.5. The van der Waals surface area contributed by atoms with E-state index in [-0.39, 0.29) is 11.7 Å². The Kier molecular flexibility index (Phi) is 7.61. The van der Waals surface area contributed by atoms with E-state index in [4.69, 9.17) is 11.6 Å². The van der Waals surface area contributed by atoms with Gasteiger partial charge in [0.25, 0.3) is 0 Å². The molecule has 0 saturated carbocycles. The fourth-order valence-corrected chi connectivity index (χ4v) is 4.70. The Morgan fingerprint density at radius 1 is 1.35 bits per heavy atom. The zero-order valence-corrected chi connectivity index (χ0v) is 15.5. The third kappa shape index (κ3) is 6.29. The molecular formula is C14H15ClFN3OS3. The number of nitrogens with zero attached hydrogens (tertiary/aromatic N) is 2. The number of amides is 1. The third-order valence-corrected chi connectivity index (χ3v) is 6.24. The lowest BCUT2D eigenvalue weighted by molar-refractivity contribution is -0.118. The monoisotopic (exact) mass is 391 g/mol. The predicted molar refractivity (Wildman–Crippen MR) is 94.9 cm³/mol. The number of thioether (sulfide) groups is 2.